The number of methoxy groups -OCH3 is 1. The maximum Gasteiger partial charge on any atom is 0.266 e. The van der Waals surface area contributed by atoms with Gasteiger partial charge in [0.1, 0.15) is 16.4 Å². The molecule has 0 unspecified atom stereocenters. The highest BCUT2D eigenvalue weighted by Crippen LogP contribution is 2.41. The minimum Gasteiger partial charge on any atom is -0.496 e. The number of nitrogens with one attached hydrogen (secondary N) is 1. The molecule has 9 heteroatoms. The van der Waals surface area contributed by atoms with Gasteiger partial charge in [-0.2, -0.15) is 0 Å². The Morgan fingerprint density at radius 1 is 1.07 bits per heavy atom. The van der Waals surface area contributed by atoms with E-state index in [-0.39, 0.29) is 17.8 Å². The average Bonchev–Trinajstić information content (AvgIpc) is 3.35. The van der Waals surface area contributed by atoms with Crippen LogP contribution >= 0.6 is 22.9 Å². The molecule has 0 saturated heterocycles. The average molecular weight is 594 g/mol. The predicted octanol–water partition coefficient (Wildman–Crippen LogP) is 6.95. The summed E-state index contributed by atoms with van der Waals surface area (Å²) in [6, 6.07) is 16.4. The first-order valence-electron chi connectivity index (χ1n) is 13.6. The highest BCUT2D eigenvalue weighted by atomic mass is 35.5. The van der Waals surface area contributed by atoms with E-state index in [0.29, 0.717) is 43.9 Å². The molecular formula is C32H33ClFN3O3S. The standard InChI is InChI=1S/C32H33ClFN3O3S/c1-18-4-14-25(34)29-27(18)28(33)30(41-29)32(39)37(24-12-10-23(36-2)11-13-24)17-22-16-21(9-15-26(22)40-3)19-5-7-20(8-6-19)31(35)38/h4-9,14-16,23-24,36H,10-13,17H2,1-3H3,(H2,35,38). The molecule has 0 aliphatic heterocycles. The molecule has 3 aromatic carbocycles. The van der Waals surface area contributed by atoms with E-state index in [1.165, 1.54) is 6.07 Å². The molecule has 1 fully saturated rings. The Kier molecular flexibility index (Phi) is 8.63. The summed E-state index contributed by atoms with van der Waals surface area (Å²) in [6.45, 7) is 2.17. The lowest BCUT2D eigenvalue weighted by atomic mass is 9.89. The number of nitrogens with two attached hydrogens (primary N) is 1. The van der Waals surface area contributed by atoms with Crippen LogP contribution in [-0.4, -0.2) is 43.0 Å². The zero-order chi connectivity index (χ0) is 29.3. The first kappa shape index (κ1) is 29.0. The van der Waals surface area contributed by atoms with Crippen LogP contribution in [0.25, 0.3) is 21.2 Å². The molecule has 0 spiro atoms. The third-order valence-corrected chi connectivity index (χ3v) is 9.74. The summed E-state index contributed by atoms with van der Waals surface area (Å²) in [5, 5.41) is 4.25. The first-order chi connectivity index (χ1) is 19.7. The summed E-state index contributed by atoms with van der Waals surface area (Å²) in [7, 11) is 3.58. The number of rotatable bonds is 8. The molecule has 1 aliphatic rings. The van der Waals surface area contributed by atoms with Gasteiger partial charge in [-0.05, 0) is 86.7 Å². The van der Waals surface area contributed by atoms with Crippen LogP contribution < -0.4 is 15.8 Å². The molecule has 1 aliphatic carbocycles. The van der Waals surface area contributed by atoms with Crippen LogP contribution in [0.1, 0.15) is 56.8 Å². The number of carbonyl (C=O) groups is 2. The van der Waals surface area contributed by atoms with Gasteiger partial charge in [-0.3, -0.25) is 9.59 Å². The molecule has 0 radical (unpaired) electrons. The largest absolute Gasteiger partial charge is 0.496 e. The van der Waals surface area contributed by atoms with Crippen LogP contribution in [0, 0.1) is 12.7 Å². The molecule has 4 aromatic rings. The van der Waals surface area contributed by atoms with Gasteiger partial charge in [-0.15, -0.1) is 11.3 Å². The summed E-state index contributed by atoms with van der Waals surface area (Å²) in [5.41, 5.74) is 9.34. The van der Waals surface area contributed by atoms with Crippen molar-refractivity contribution in [3.05, 3.63) is 87.0 Å². The summed E-state index contributed by atoms with van der Waals surface area (Å²) >= 11 is 7.90. The van der Waals surface area contributed by atoms with Crippen molar-refractivity contribution in [1.29, 1.82) is 0 Å². The zero-order valence-electron chi connectivity index (χ0n) is 23.3. The van der Waals surface area contributed by atoms with Gasteiger partial charge in [0.15, 0.2) is 0 Å². The van der Waals surface area contributed by atoms with Crippen LogP contribution in [-0.2, 0) is 6.54 Å². The van der Waals surface area contributed by atoms with Gasteiger partial charge in [-0.25, -0.2) is 4.39 Å². The molecule has 1 saturated carbocycles. The van der Waals surface area contributed by atoms with Crippen molar-refractivity contribution >= 4 is 44.8 Å². The van der Waals surface area contributed by atoms with Crippen LogP contribution in [0.5, 0.6) is 5.75 Å². The summed E-state index contributed by atoms with van der Waals surface area (Å²) in [6.07, 6.45) is 3.57. The van der Waals surface area contributed by atoms with Gasteiger partial charge in [0.25, 0.3) is 5.91 Å². The van der Waals surface area contributed by atoms with Gasteiger partial charge < -0.3 is 20.7 Å². The number of benzene rings is 3. The SMILES string of the molecule is CNC1CCC(N(Cc2cc(-c3ccc(C(N)=O)cc3)ccc2OC)C(=O)c2sc3c(F)ccc(C)c3c2Cl)CC1. The molecule has 214 valence electrons. The number of hydrogen-bond donors (Lipinski definition) is 2. The van der Waals surface area contributed by atoms with Crippen molar-refractivity contribution < 1.29 is 18.7 Å². The Bertz CT molecular complexity index is 1600. The monoisotopic (exact) mass is 593 g/mol. The van der Waals surface area contributed by atoms with E-state index < -0.39 is 5.91 Å². The van der Waals surface area contributed by atoms with E-state index in [9.17, 15) is 14.0 Å². The fourth-order valence-corrected chi connectivity index (χ4v) is 7.32. The number of thiophene rings is 1. The fourth-order valence-electron chi connectivity index (χ4n) is 5.69. The highest BCUT2D eigenvalue weighted by Gasteiger charge is 2.32. The Balaban J connectivity index is 1.54. The minimum absolute atomic E-state index is 0.0115. The first-order valence-corrected chi connectivity index (χ1v) is 14.8. The maximum absolute atomic E-state index is 14.8. The number of primary amides is 1. The van der Waals surface area contributed by atoms with Crippen LogP contribution in [0.15, 0.2) is 54.6 Å². The number of fused-ring (bicyclic) bond motifs is 1. The highest BCUT2D eigenvalue weighted by molar-refractivity contribution is 7.21. The van der Waals surface area contributed by atoms with Crippen molar-refractivity contribution in [3.8, 4) is 16.9 Å². The number of ether oxygens (including phenoxy) is 1. The van der Waals surface area contributed by atoms with Gasteiger partial charge in [-0.1, -0.05) is 35.9 Å². The van der Waals surface area contributed by atoms with E-state index >= 15 is 0 Å². The number of aryl methyl sites for hydroxylation is 1. The number of nitrogens with zero attached hydrogens (tertiary/aromatic N) is 1. The molecule has 41 heavy (non-hydrogen) atoms. The van der Waals surface area contributed by atoms with Crippen molar-refractivity contribution in [1.82, 2.24) is 10.2 Å². The maximum atomic E-state index is 14.8. The lowest BCUT2D eigenvalue weighted by Gasteiger charge is -2.37. The second-order valence-corrected chi connectivity index (χ2v) is 11.9. The van der Waals surface area contributed by atoms with Crippen molar-refractivity contribution in [3.63, 3.8) is 0 Å². The minimum atomic E-state index is -0.482. The lowest BCUT2D eigenvalue weighted by Crippen LogP contribution is -2.44. The summed E-state index contributed by atoms with van der Waals surface area (Å²) < 4.78 is 20.9. The van der Waals surface area contributed by atoms with Crippen LogP contribution in [0.3, 0.4) is 0 Å². The van der Waals surface area contributed by atoms with E-state index in [1.54, 1.807) is 25.3 Å². The molecule has 0 bridgehead atoms. The third-order valence-electron chi connectivity index (χ3n) is 8.07. The van der Waals surface area contributed by atoms with E-state index in [2.05, 4.69) is 5.32 Å². The Hall–Kier alpha value is -3.46. The van der Waals surface area contributed by atoms with Gasteiger partial charge >= 0.3 is 0 Å². The van der Waals surface area contributed by atoms with Gasteiger partial charge in [0.05, 0.1) is 16.8 Å². The van der Waals surface area contributed by atoms with Crippen LogP contribution in [0.2, 0.25) is 5.02 Å². The quantitative estimate of drug-likeness (QED) is 0.231. The van der Waals surface area contributed by atoms with Gasteiger partial charge in [0, 0.05) is 35.1 Å². The molecule has 5 rings (SSSR count). The Morgan fingerprint density at radius 2 is 1.76 bits per heavy atom. The van der Waals surface area contributed by atoms with Crippen LogP contribution in [0.4, 0.5) is 4.39 Å². The topological polar surface area (TPSA) is 84.7 Å². The normalized spacial score (nSPS) is 17.0. The second-order valence-electron chi connectivity index (χ2n) is 10.5. The fraction of sp³-hybridized carbons (Fsp3) is 0.312. The van der Waals surface area contributed by atoms with Crippen molar-refractivity contribution in [2.45, 2.75) is 51.2 Å². The third kappa shape index (κ3) is 5.82. The smallest absolute Gasteiger partial charge is 0.266 e. The number of carbonyl (C=O) groups excluding carboxylic acids is 2. The molecule has 2 amide bonds. The Labute approximate surface area is 248 Å². The van der Waals surface area contributed by atoms with Crippen molar-refractivity contribution in [2.75, 3.05) is 14.2 Å². The van der Waals surface area contributed by atoms with E-state index in [0.717, 1.165) is 59.3 Å². The molecule has 3 N–H and O–H groups in total. The molecular weight excluding hydrogens is 561 g/mol. The predicted molar refractivity (Wildman–Crippen MR) is 163 cm³/mol. The molecule has 0 atom stereocenters. The zero-order valence-corrected chi connectivity index (χ0v) is 24.9. The van der Waals surface area contributed by atoms with Crippen molar-refractivity contribution in [2.24, 2.45) is 5.73 Å². The number of hydrogen-bond acceptors (Lipinski definition) is 5. The lowest BCUT2D eigenvalue weighted by molar-refractivity contribution is 0.0604. The molecule has 1 aromatic heterocycles. The second kappa shape index (κ2) is 12.2. The summed E-state index contributed by atoms with van der Waals surface area (Å²) in [4.78, 5) is 28.1. The molecule has 6 nitrogen and oxygen atoms in total. The van der Waals surface area contributed by atoms with E-state index in [4.69, 9.17) is 22.1 Å². The van der Waals surface area contributed by atoms with Gasteiger partial charge in [0.2, 0.25) is 5.91 Å². The van der Waals surface area contributed by atoms with E-state index in [1.807, 2.05) is 49.2 Å². The molecule has 1 heterocycles. The Morgan fingerprint density at radius 3 is 2.37 bits per heavy atom. The number of amides is 2. The number of halogens is 2. The summed E-state index contributed by atoms with van der Waals surface area (Å²) in [5.74, 6) is -0.409.